The number of carbonyl (C=O) groups excluding carboxylic acids is 1. The van der Waals surface area contributed by atoms with Crippen molar-refractivity contribution in [3.8, 4) is 11.5 Å². The zero-order valence-electron chi connectivity index (χ0n) is 9.77. The zero-order chi connectivity index (χ0) is 12.4. The van der Waals surface area contributed by atoms with E-state index >= 15 is 0 Å². The van der Waals surface area contributed by atoms with Crippen LogP contribution in [0.1, 0.15) is 10.4 Å². The average molecular weight is 236 g/mol. The first-order valence-corrected chi connectivity index (χ1v) is 4.93. The van der Waals surface area contributed by atoms with E-state index in [2.05, 4.69) is 0 Å². The molecule has 0 fully saturated rings. The van der Waals surface area contributed by atoms with Gasteiger partial charge in [-0.15, -0.1) is 0 Å². The van der Waals surface area contributed by atoms with Crippen LogP contribution in [0.4, 0.5) is 0 Å². The molecule has 0 saturated carbocycles. The molecule has 1 aromatic heterocycles. The molecule has 0 aliphatic heterocycles. The maximum atomic E-state index is 11.7. The number of fused-ring (bicyclic) bond motifs is 1. The second kappa shape index (κ2) is 4.37. The van der Waals surface area contributed by atoms with Crippen LogP contribution in [0.2, 0.25) is 0 Å². The number of furan rings is 1. The van der Waals surface area contributed by atoms with Gasteiger partial charge >= 0.3 is 5.97 Å². The lowest BCUT2D eigenvalue weighted by Gasteiger charge is -2.11. The van der Waals surface area contributed by atoms with Gasteiger partial charge in [0.25, 0.3) is 0 Å². The maximum Gasteiger partial charge on any atom is 0.345 e. The van der Waals surface area contributed by atoms with Crippen LogP contribution in [0.25, 0.3) is 11.0 Å². The molecule has 1 aromatic carbocycles. The summed E-state index contributed by atoms with van der Waals surface area (Å²) in [5.41, 5.74) is 0.845. The first-order valence-electron chi connectivity index (χ1n) is 4.93. The lowest BCUT2D eigenvalue weighted by atomic mass is 10.1. The van der Waals surface area contributed by atoms with Gasteiger partial charge in [0.15, 0.2) is 0 Å². The third-order valence-electron chi connectivity index (χ3n) is 2.49. The molecule has 0 N–H and O–H groups in total. The number of esters is 1. The summed E-state index contributed by atoms with van der Waals surface area (Å²) in [6.07, 6.45) is 1.52. The van der Waals surface area contributed by atoms with E-state index in [0.717, 1.165) is 0 Å². The minimum Gasteiger partial charge on any atom is -0.496 e. The standard InChI is InChI=1S/C12H12O5/c1-14-9-6-8-7(4-5-17-8)11(15-2)10(9)12(13)16-3/h4-6H,1-3H3. The van der Waals surface area contributed by atoms with Crippen molar-refractivity contribution in [3.63, 3.8) is 0 Å². The van der Waals surface area contributed by atoms with Crippen molar-refractivity contribution >= 4 is 16.9 Å². The molecule has 90 valence electrons. The maximum absolute atomic E-state index is 11.7. The van der Waals surface area contributed by atoms with E-state index in [1.807, 2.05) is 0 Å². The molecule has 0 radical (unpaired) electrons. The van der Waals surface area contributed by atoms with E-state index in [9.17, 15) is 4.79 Å². The third-order valence-corrected chi connectivity index (χ3v) is 2.49. The number of benzene rings is 1. The minimum atomic E-state index is -0.512. The summed E-state index contributed by atoms with van der Waals surface area (Å²) in [5.74, 6) is 0.234. The second-order valence-electron chi connectivity index (χ2n) is 3.31. The number of rotatable bonds is 3. The molecule has 0 bridgehead atoms. The minimum absolute atomic E-state index is 0.256. The quantitative estimate of drug-likeness (QED) is 0.765. The first kappa shape index (κ1) is 11.3. The van der Waals surface area contributed by atoms with Crippen molar-refractivity contribution in [3.05, 3.63) is 24.0 Å². The summed E-state index contributed by atoms with van der Waals surface area (Å²) < 4.78 is 20.4. The summed E-state index contributed by atoms with van der Waals surface area (Å²) in [6, 6.07) is 3.35. The van der Waals surface area contributed by atoms with Crippen molar-refractivity contribution in [2.75, 3.05) is 21.3 Å². The van der Waals surface area contributed by atoms with E-state index in [4.69, 9.17) is 18.6 Å². The highest BCUT2D eigenvalue weighted by molar-refractivity contribution is 6.03. The molecular formula is C12H12O5. The molecule has 0 unspecified atom stereocenters. The van der Waals surface area contributed by atoms with Crippen molar-refractivity contribution in [2.45, 2.75) is 0 Å². The predicted molar refractivity (Wildman–Crippen MR) is 60.7 cm³/mol. The summed E-state index contributed by atoms with van der Waals surface area (Å²) in [5, 5.41) is 0.702. The lowest BCUT2D eigenvalue weighted by molar-refractivity contribution is 0.0593. The largest absolute Gasteiger partial charge is 0.496 e. The average Bonchev–Trinajstić information content (AvgIpc) is 2.83. The summed E-state index contributed by atoms with van der Waals surface area (Å²) >= 11 is 0. The Morgan fingerprint density at radius 1 is 1.24 bits per heavy atom. The van der Waals surface area contributed by atoms with Crippen LogP contribution in [-0.2, 0) is 4.74 Å². The van der Waals surface area contributed by atoms with Gasteiger partial charge in [-0.05, 0) is 6.07 Å². The van der Waals surface area contributed by atoms with Crippen LogP contribution in [0.15, 0.2) is 22.8 Å². The van der Waals surface area contributed by atoms with Crippen molar-refractivity contribution < 1.29 is 23.4 Å². The van der Waals surface area contributed by atoms with E-state index in [0.29, 0.717) is 22.5 Å². The van der Waals surface area contributed by atoms with Gasteiger partial charge in [-0.25, -0.2) is 4.79 Å². The fourth-order valence-corrected chi connectivity index (χ4v) is 1.73. The molecule has 0 saturated heterocycles. The van der Waals surface area contributed by atoms with Gasteiger partial charge in [0.1, 0.15) is 22.6 Å². The molecule has 0 atom stereocenters. The molecule has 17 heavy (non-hydrogen) atoms. The molecule has 1 heterocycles. The number of carbonyl (C=O) groups is 1. The molecule has 0 amide bonds. The Labute approximate surface area is 97.9 Å². The third kappa shape index (κ3) is 1.69. The summed E-state index contributed by atoms with van der Waals surface area (Å²) in [7, 11) is 4.25. The molecule has 0 aliphatic carbocycles. The topological polar surface area (TPSA) is 57.9 Å². The van der Waals surface area contributed by atoms with E-state index in [1.54, 1.807) is 12.1 Å². The Hall–Kier alpha value is -2.17. The summed E-state index contributed by atoms with van der Waals surface area (Å²) in [4.78, 5) is 11.7. The van der Waals surface area contributed by atoms with E-state index in [-0.39, 0.29) is 5.56 Å². The SMILES string of the molecule is COC(=O)c1c(OC)cc2occc2c1OC. The van der Waals surface area contributed by atoms with Crippen LogP contribution in [-0.4, -0.2) is 27.3 Å². The summed E-state index contributed by atoms with van der Waals surface area (Å²) in [6.45, 7) is 0. The van der Waals surface area contributed by atoms with Crippen molar-refractivity contribution in [2.24, 2.45) is 0 Å². The van der Waals surface area contributed by atoms with Crippen molar-refractivity contribution in [1.29, 1.82) is 0 Å². The molecule has 5 heteroatoms. The highest BCUT2D eigenvalue weighted by atomic mass is 16.5. The van der Waals surface area contributed by atoms with Crippen LogP contribution in [0.5, 0.6) is 11.5 Å². The zero-order valence-corrected chi connectivity index (χ0v) is 9.77. The second-order valence-corrected chi connectivity index (χ2v) is 3.31. The number of hydrogen-bond acceptors (Lipinski definition) is 5. The van der Waals surface area contributed by atoms with Crippen LogP contribution < -0.4 is 9.47 Å². The molecular weight excluding hydrogens is 224 g/mol. The Morgan fingerprint density at radius 2 is 2.00 bits per heavy atom. The Morgan fingerprint density at radius 3 is 2.59 bits per heavy atom. The monoisotopic (exact) mass is 236 g/mol. The van der Waals surface area contributed by atoms with Crippen LogP contribution in [0.3, 0.4) is 0 Å². The highest BCUT2D eigenvalue weighted by Gasteiger charge is 2.23. The molecule has 5 nitrogen and oxygen atoms in total. The predicted octanol–water partition coefficient (Wildman–Crippen LogP) is 2.24. The van der Waals surface area contributed by atoms with Gasteiger partial charge in [0, 0.05) is 6.07 Å². The highest BCUT2D eigenvalue weighted by Crippen LogP contribution is 2.37. The normalized spacial score (nSPS) is 10.3. The first-order chi connectivity index (χ1) is 8.22. The van der Waals surface area contributed by atoms with Gasteiger partial charge < -0.3 is 18.6 Å². The van der Waals surface area contributed by atoms with Gasteiger partial charge in [0.2, 0.25) is 0 Å². The van der Waals surface area contributed by atoms with Crippen LogP contribution >= 0.6 is 0 Å². The Kier molecular flexibility index (Phi) is 2.91. The Balaban J connectivity index is 2.80. The van der Waals surface area contributed by atoms with E-state index < -0.39 is 5.97 Å². The fourth-order valence-electron chi connectivity index (χ4n) is 1.73. The van der Waals surface area contributed by atoms with Gasteiger partial charge in [-0.2, -0.15) is 0 Å². The molecule has 2 aromatic rings. The number of hydrogen-bond donors (Lipinski definition) is 0. The number of methoxy groups -OCH3 is 3. The van der Waals surface area contributed by atoms with Gasteiger partial charge in [0.05, 0.1) is 33.0 Å². The van der Waals surface area contributed by atoms with Gasteiger partial charge in [-0.3, -0.25) is 0 Å². The van der Waals surface area contributed by atoms with Crippen LogP contribution in [0, 0.1) is 0 Å². The smallest absolute Gasteiger partial charge is 0.345 e. The van der Waals surface area contributed by atoms with E-state index in [1.165, 1.54) is 27.6 Å². The number of ether oxygens (including phenoxy) is 3. The molecule has 2 rings (SSSR count). The van der Waals surface area contributed by atoms with Gasteiger partial charge in [-0.1, -0.05) is 0 Å². The van der Waals surface area contributed by atoms with Crippen molar-refractivity contribution in [1.82, 2.24) is 0 Å². The lowest BCUT2D eigenvalue weighted by Crippen LogP contribution is -2.06. The Bertz CT molecular complexity index is 555. The molecule has 0 aliphatic rings. The molecule has 0 spiro atoms. The fraction of sp³-hybridized carbons (Fsp3) is 0.250.